The van der Waals surface area contributed by atoms with Crippen LogP contribution in [0.3, 0.4) is 0 Å². The minimum absolute atomic E-state index is 0.00421. The third-order valence-electron chi connectivity index (χ3n) is 18.7. The number of rotatable bonds is 5. The highest BCUT2D eigenvalue weighted by atomic mass is 15.3. The lowest BCUT2D eigenvalue weighted by Gasteiger charge is -2.53. The first kappa shape index (κ1) is 47.9. The topological polar surface area (TPSA) is 9.72 Å². The first-order valence-electron chi connectivity index (χ1n) is 28.3. The maximum absolute atomic E-state index is 2.77. The molecule has 0 saturated carbocycles. The normalized spacial score (nSPS) is 19.5. The summed E-state index contributed by atoms with van der Waals surface area (Å²) in [5.41, 5.74) is 28.7. The van der Waals surface area contributed by atoms with Crippen molar-refractivity contribution in [1.29, 1.82) is 0 Å². The summed E-state index contributed by atoms with van der Waals surface area (Å²) in [5.74, 6) is 0. The highest BCUT2D eigenvalue weighted by molar-refractivity contribution is 7.00. The predicted molar refractivity (Wildman–Crippen MR) is 327 cm³/mol. The van der Waals surface area contributed by atoms with E-state index in [0.717, 1.165) is 25.7 Å². The van der Waals surface area contributed by atoms with Crippen LogP contribution in [-0.4, -0.2) is 12.3 Å². The predicted octanol–water partition coefficient (Wildman–Crippen LogP) is 16.5. The van der Waals surface area contributed by atoms with Crippen molar-refractivity contribution in [2.24, 2.45) is 5.41 Å². The molecule has 14 rings (SSSR count). The van der Waals surface area contributed by atoms with Crippen LogP contribution in [0.2, 0.25) is 0 Å². The molecule has 77 heavy (non-hydrogen) atoms. The van der Waals surface area contributed by atoms with Crippen LogP contribution >= 0.6 is 0 Å². The number of benzene rings is 9. The molecular weight excluding hydrogens is 930 g/mol. The van der Waals surface area contributed by atoms with Crippen molar-refractivity contribution in [2.45, 2.75) is 117 Å². The molecule has 0 bridgehead atoms. The second-order valence-electron chi connectivity index (χ2n) is 26.4. The van der Waals surface area contributed by atoms with Gasteiger partial charge in [0.25, 0.3) is 6.71 Å². The zero-order valence-corrected chi connectivity index (χ0v) is 46.7. The van der Waals surface area contributed by atoms with Gasteiger partial charge in [-0.25, -0.2) is 0 Å². The van der Waals surface area contributed by atoms with Crippen molar-refractivity contribution in [2.75, 3.05) is 14.7 Å². The van der Waals surface area contributed by atoms with E-state index in [9.17, 15) is 0 Å². The SMILES string of the molecule is Cc1cc2c3c(c1)N(c1ccc(C(C)(C)C)cc1-c1ccccc1)c1cc4c(cc1B3c1ccc(N3c5ccccc5C5(c6ccccc6)Cc6ccccc6CC35C)cc1N2c1ccc(C(C)(C)C)cc1)CC(C)(C)C4. The number of anilines is 8. The third kappa shape index (κ3) is 7.16. The summed E-state index contributed by atoms with van der Waals surface area (Å²) in [4.78, 5) is 8.07. The molecule has 9 aromatic carbocycles. The number of para-hydroxylation sites is 1. The number of hydrogen-bond donors (Lipinski definition) is 0. The van der Waals surface area contributed by atoms with Crippen LogP contribution in [0.1, 0.15) is 112 Å². The molecule has 4 heteroatoms. The van der Waals surface area contributed by atoms with E-state index in [0.29, 0.717) is 0 Å². The first-order chi connectivity index (χ1) is 36.9. The molecule has 3 nitrogen and oxygen atoms in total. The molecule has 3 heterocycles. The van der Waals surface area contributed by atoms with Crippen molar-refractivity contribution in [1.82, 2.24) is 0 Å². The van der Waals surface area contributed by atoms with Crippen molar-refractivity contribution < 1.29 is 0 Å². The van der Waals surface area contributed by atoms with Crippen LogP contribution < -0.4 is 31.1 Å². The maximum atomic E-state index is 2.77. The Morgan fingerprint density at radius 3 is 1.71 bits per heavy atom. The van der Waals surface area contributed by atoms with Gasteiger partial charge in [0.1, 0.15) is 0 Å². The average Bonchev–Trinajstić information content (AvgIpc) is 3.88. The summed E-state index contributed by atoms with van der Waals surface area (Å²) < 4.78 is 0. The molecule has 0 N–H and O–H groups in total. The summed E-state index contributed by atoms with van der Waals surface area (Å²) in [7, 11) is 0. The van der Waals surface area contributed by atoms with Crippen LogP contribution in [0.5, 0.6) is 0 Å². The molecule has 0 radical (unpaired) electrons. The van der Waals surface area contributed by atoms with Gasteiger partial charge in [-0.1, -0.05) is 189 Å². The fraction of sp³-hybridized carbons (Fsp3) is 0.260. The number of nitrogens with zero attached hydrogens (tertiary/aromatic N) is 3. The van der Waals surface area contributed by atoms with Gasteiger partial charge in [-0.3, -0.25) is 0 Å². The summed E-state index contributed by atoms with van der Waals surface area (Å²) >= 11 is 0. The summed E-state index contributed by atoms with van der Waals surface area (Å²) in [6.45, 7) is 23.7. The molecular formula is C73H70BN3. The smallest absolute Gasteiger partial charge is 0.252 e. The third-order valence-corrected chi connectivity index (χ3v) is 18.7. The largest absolute Gasteiger partial charge is 0.334 e. The summed E-state index contributed by atoms with van der Waals surface area (Å²) in [6.07, 6.45) is 3.99. The lowest BCUT2D eigenvalue weighted by Crippen LogP contribution is -2.62. The van der Waals surface area contributed by atoms with Gasteiger partial charge in [0.2, 0.25) is 0 Å². The highest BCUT2D eigenvalue weighted by Crippen LogP contribution is 2.63. The van der Waals surface area contributed by atoms with E-state index in [4.69, 9.17) is 0 Å². The Labute approximate surface area is 458 Å². The molecule has 2 aliphatic carbocycles. The fourth-order valence-electron chi connectivity index (χ4n) is 15.1. The Balaban J connectivity index is 1.05. The quantitative estimate of drug-likeness (QED) is 0.159. The molecule has 3 aliphatic heterocycles. The van der Waals surface area contributed by atoms with Crippen molar-refractivity contribution in [3.63, 3.8) is 0 Å². The molecule has 0 spiro atoms. The molecule has 9 aromatic rings. The van der Waals surface area contributed by atoms with Crippen molar-refractivity contribution in [3.8, 4) is 11.1 Å². The van der Waals surface area contributed by atoms with Gasteiger partial charge in [0.05, 0.1) is 11.2 Å². The van der Waals surface area contributed by atoms with Crippen LogP contribution in [0.4, 0.5) is 45.5 Å². The lowest BCUT2D eigenvalue weighted by molar-refractivity contribution is 0.281. The molecule has 380 valence electrons. The van der Waals surface area contributed by atoms with Gasteiger partial charge in [0, 0.05) is 50.8 Å². The molecule has 2 unspecified atom stereocenters. The van der Waals surface area contributed by atoms with Gasteiger partial charge in [0.15, 0.2) is 0 Å². The Kier molecular flexibility index (Phi) is 10.4. The summed E-state index contributed by atoms with van der Waals surface area (Å²) in [5, 5.41) is 0. The monoisotopic (exact) mass is 1000 g/mol. The fourth-order valence-corrected chi connectivity index (χ4v) is 15.1. The molecule has 0 aromatic heterocycles. The van der Waals surface area contributed by atoms with Crippen LogP contribution in [-0.2, 0) is 41.9 Å². The molecule has 0 amide bonds. The van der Waals surface area contributed by atoms with E-state index in [1.54, 1.807) is 0 Å². The highest BCUT2D eigenvalue weighted by Gasteiger charge is 2.62. The Hall–Kier alpha value is -7.56. The van der Waals surface area contributed by atoms with E-state index in [2.05, 4.69) is 278 Å². The standard InChI is InChI=1S/C73H70BN3/c1-47-37-66-68-67(38-47)76(62-36-31-55(70(5,6)7)41-58(62)48-21-13-11-14-22-48)64-40-52-44-71(8,9)43-51(52)39-61(64)74(68)60-35-34-57(42-65(60)75(66)56-32-29-53(30-33-56)69(2,3)4)77-63-28-20-19-27-59(63)73(54-25-15-12-16-26-54)46-50-24-18-17-23-49(50)45-72(73,77)10/h11-42H,43-46H2,1-10H3. The Morgan fingerprint density at radius 1 is 0.429 bits per heavy atom. The second-order valence-corrected chi connectivity index (χ2v) is 26.4. The van der Waals surface area contributed by atoms with Gasteiger partial charge in [-0.05, 0) is 188 Å². The molecule has 2 atom stereocenters. The zero-order valence-electron chi connectivity index (χ0n) is 46.7. The number of fused-ring (bicyclic) bond motifs is 9. The van der Waals surface area contributed by atoms with Crippen LogP contribution in [0.25, 0.3) is 11.1 Å². The average molecular weight is 1000 g/mol. The number of hydrogen-bond acceptors (Lipinski definition) is 3. The van der Waals surface area contributed by atoms with Gasteiger partial charge >= 0.3 is 0 Å². The van der Waals surface area contributed by atoms with Crippen molar-refractivity contribution >= 4 is 68.6 Å². The van der Waals surface area contributed by atoms with Crippen molar-refractivity contribution in [3.05, 3.63) is 244 Å². The summed E-state index contributed by atoms with van der Waals surface area (Å²) in [6, 6.07) is 75.8. The minimum atomic E-state index is -0.333. The van der Waals surface area contributed by atoms with Gasteiger partial charge in [-0.2, -0.15) is 0 Å². The van der Waals surface area contributed by atoms with E-state index in [1.165, 1.54) is 123 Å². The van der Waals surface area contributed by atoms with Crippen LogP contribution in [0.15, 0.2) is 194 Å². The number of aryl methyl sites for hydroxylation is 1. The van der Waals surface area contributed by atoms with Crippen LogP contribution in [0, 0.1) is 12.3 Å². The second kappa shape index (κ2) is 16.7. The lowest BCUT2D eigenvalue weighted by atomic mass is 9.33. The van der Waals surface area contributed by atoms with E-state index in [-0.39, 0.29) is 33.9 Å². The first-order valence-corrected chi connectivity index (χ1v) is 28.3. The van der Waals surface area contributed by atoms with E-state index >= 15 is 0 Å². The zero-order chi connectivity index (χ0) is 53.0. The van der Waals surface area contributed by atoms with Gasteiger partial charge < -0.3 is 14.7 Å². The van der Waals surface area contributed by atoms with E-state index < -0.39 is 0 Å². The molecule has 5 aliphatic rings. The van der Waals surface area contributed by atoms with Gasteiger partial charge in [-0.15, -0.1) is 0 Å². The molecule has 0 saturated heterocycles. The Morgan fingerprint density at radius 2 is 1.01 bits per heavy atom. The molecule has 0 fully saturated rings. The Bertz CT molecular complexity index is 3860. The van der Waals surface area contributed by atoms with E-state index in [1.807, 2.05) is 0 Å². The minimum Gasteiger partial charge on any atom is -0.334 e. The maximum Gasteiger partial charge on any atom is 0.252 e.